The summed E-state index contributed by atoms with van der Waals surface area (Å²) in [5.41, 5.74) is 1.17. The average Bonchev–Trinajstić information content (AvgIpc) is 3.12. The summed E-state index contributed by atoms with van der Waals surface area (Å²) in [7, 11) is 0. The van der Waals surface area contributed by atoms with Gasteiger partial charge in [0.2, 0.25) is 0 Å². The number of carbonyl (C=O) groups excluding carboxylic acids is 1. The highest BCUT2D eigenvalue weighted by molar-refractivity contribution is 9.10. The minimum absolute atomic E-state index is 0.174. The number of benzene rings is 2. The number of aromatic nitrogens is 2. The molecule has 0 aliphatic heterocycles. The predicted molar refractivity (Wildman–Crippen MR) is 104 cm³/mol. The lowest BCUT2D eigenvalue weighted by Gasteiger charge is -2.09. The first-order valence-corrected chi connectivity index (χ1v) is 9.09. The van der Waals surface area contributed by atoms with Crippen molar-refractivity contribution >= 4 is 50.9 Å². The molecule has 9 heteroatoms. The Labute approximate surface area is 172 Å². The SMILES string of the molecule is O=C(O)COc1ccc(Br)cc1C(=O)c1cnn(-c2ccc(Cl)c(Cl)c2)c1. The van der Waals surface area contributed by atoms with Crippen molar-refractivity contribution in [2.24, 2.45) is 0 Å². The molecule has 138 valence electrons. The third-order valence-corrected chi connectivity index (χ3v) is 4.78. The molecule has 2 aromatic carbocycles. The van der Waals surface area contributed by atoms with Gasteiger partial charge in [0.1, 0.15) is 5.75 Å². The highest BCUT2D eigenvalue weighted by Crippen LogP contribution is 2.27. The topological polar surface area (TPSA) is 81.4 Å². The van der Waals surface area contributed by atoms with Crippen molar-refractivity contribution in [3.63, 3.8) is 0 Å². The van der Waals surface area contributed by atoms with Gasteiger partial charge < -0.3 is 9.84 Å². The van der Waals surface area contributed by atoms with Crippen LogP contribution in [0.3, 0.4) is 0 Å². The molecule has 1 heterocycles. The normalized spacial score (nSPS) is 10.6. The molecule has 3 aromatic rings. The molecule has 0 bridgehead atoms. The number of hydrogen-bond donors (Lipinski definition) is 1. The van der Waals surface area contributed by atoms with Crippen molar-refractivity contribution in [1.82, 2.24) is 9.78 Å². The van der Waals surface area contributed by atoms with Crippen LogP contribution in [0.2, 0.25) is 10.0 Å². The number of nitrogens with zero attached hydrogens (tertiary/aromatic N) is 2. The number of carboxylic acids is 1. The fourth-order valence-corrected chi connectivity index (χ4v) is 2.96. The monoisotopic (exact) mass is 468 g/mol. The van der Waals surface area contributed by atoms with Crippen LogP contribution in [0.4, 0.5) is 0 Å². The Morgan fingerprint density at radius 2 is 1.93 bits per heavy atom. The second-order valence-corrected chi connectivity index (χ2v) is 7.15. The second-order valence-electron chi connectivity index (χ2n) is 5.42. The van der Waals surface area contributed by atoms with E-state index in [2.05, 4.69) is 21.0 Å². The molecule has 0 aliphatic rings. The summed E-state index contributed by atoms with van der Waals surface area (Å²) in [6.45, 7) is -0.551. The summed E-state index contributed by atoms with van der Waals surface area (Å²) in [5.74, 6) is -1.32. The Balaban J connectivity index is 1.92. The van der Waals surface area contributed by atoms with E-state index in [0.29, 0.717) is 25.8 Å². The van der Waals surface area contributed by atoms with E-state index >= 15 is 0 Å². The van der Waals surface area contributed by atoms with Gasteiger partial charge in [0.15, 0.2) is 12.4 Å². The third kappa shape index (κ3) is 4.50. The molecule has 0 saturated carbocycles. The Morgan fingerprint density at radius 1 is 1.15 bits per heavy atom. The van der Waals surface area contributed by atoms with Crippen LogP contribution in [0.1, 0.15) is 15.9 Å². The summed E-state index contributed by atoms with van der Waals surface area (Å²) >= 11 is 15.2. The van der Waals surface area contributed by atoms with E-state index in [1.54, 1.807) is 36.5 Å². The van der Waals surface area contributed by atoms with Gasteiger partial charge in [-0.15, -0.1) is 0 Å². The zero-order valence-corrected chi connectivity index (χ0v) is 16.6. The van der Waals surface area contributed by atoms with Crippen LogP contribution in [0.5, 0.6) is 5.75 Å². The molecule has 0 aliphatic carbocycles. The number of rotatable bonds is 6. The number of hydrogen-bond acceptors (Lipinski definition) is 4. The van der Waals surface area contributed by atoms with Crippen LogP contribution in [0.25, 0.3) is 5.69 Å². The van der Waals surface area contributed by atoms with Crippen molar-refractivity contribution in [2.45, 2.75) is 0 Å². The Bertz CT molecular complexity index is 1040. The van der Waals surface area contributed by atoms with Crippen LogP contribution in [-0.2, 0) is 4.79 Å². The van der Waals surface area contributed by atoms with Crippen molar-refractivity contribution < 1.29 is 19.4 Å². The molecule has 0 saturated heterocycles. The smallest absolute Gasteiger partial charge is 0.341 e. The lowest BCUT2D eigenvalue weighted by Crippen LogP contribution is -2.12. The molecule has 1 N–H and O–H groups in total. The summed E-state index contributed by atoms with van der Waals surface area (Å²) in [4.78, 5) is 23.6. The molecule has 6 nitrogen and oxygen atoms in total. The molecule has 1 aromatic heterocycles. The number of ether oxygens (including phenoxy) is 1. The maximum Gasteiger partial charge on any atom is 0.341 e. The first kappa shape index (κ1) is 19.4. The van der Waals surface area contributed by atoms with E-state index in [-0.39, 0.29) is 17.1 Å². The molecule has 27 heavy (non-hydrogen) atoms. The maximum absolute atomic E-state index is 12.9. The number of ketones is 1. The number of halogens is 3. The van der Waals surface area contributed by atoms with Gasteiger partial charge in [-0.05, 0) is 36.4 Å². The van der Waals surface area contributed by atoms with Gasteiger partial charge in [0.05, 0.1) is 33.1 Å². The van der Waals surface area contributed by atoms with E-state index in [1.165, 1.54) is 16.9 Å². The lowest BCUT2D eigenvalue weighted by molar-refractivity contribution is -0.139. The van der Waals surface area contributed by atoms with Gasteiger partial charge in [-0.3, -0.25) is 4.79 Å². The summed E-state index contributed by atoms with van der Waals surface area (Å²) in [5, 5.41) is 13.8. The van der Waals surface area contributed by atoms with E-state index < -0.39 is 12.6 Å². The van der Waals surface area contributed by atoms with E-state index in [0.717, 1.165) is 0 Å². The molecular formula is C18H11BrCl2N2O4. The van der Waals surface area contributed by atoms with Crippen LogP contribution in [-0.4, -0.2) is 33.2 Å². The van der Waals surface area contributed by atoms with Gasteiger partial charge in [-0.2, -0.15) is 5.10 Å². The highest BCUT2D eigenvalue weighted by Gasteiger charge is 2.18. The highest BCUT2D eigenvalue weighted by atomic mass is 79.9. The molecule has 0 amide bonds. The van der Waals surface area contributed by atoms with Gasteiger partial charge >= 0.3 is 5.97 Å². The molecule has 0 unspecified atom stereocenters. The Hall–Kier alpha value is -2.35. The molecule has 0 fully saturated rings. The van der Waals surface area contributed by atoms with Crippen molar-refractivity contribution in [1.29, 1.82) is 0 Å². The fraction of sp³-hybridized carbons (Fsp3) is 0.0556. The molecule has 3 rings (SSSR count). The van der Waals surface area contributed by atoms with Gasteiger partial charge in [-0.1, -0.05) is 39.1 Å². The molecule has 0 radical (unpaired) electrons. The first-order chi connectivity index (χ1) is 12.8. The molecule has 0 spiro atoms. The summed E-state index contributed by atoms with van der Waals surface area (Å²) < 4.78 is 7.37. The first-order valence-electron chi connectivity index (χ1n) is 7.54. The van der Waals surface area contributed by atoms with Crippen LogP contribution < -0.4 is 4.74 Å². The molecule has 0 atom stereocenters. The van der Waals surface area contributed by atoms with Crippen LogP contribution in [0.15, 0.2) is 53.3 Å². The zero-order chi connectivity index (χ0) is 19.6. The zero-order valence-electron chi connectivity index (χ0n) is 13.5. The molecular weight excluding hydrogens is 459 g/mol. The third-order valence-electron chi connectivity index (χ3n) is 3.55. The minimum atomic E-state index is -1.14. The summed E-state index contributed by atoms with van der Waals surface area (Å²) in [6, 6.07) is 9.74. The lowest BCUT2D eigenvalue weighted by atomic mass is 10.1. The average molecular weight is 470 g/mol. The van der Waals surface area contributed by atoms with Crippen molar-refractivity contribution in [3.8, 4) is 11.4 Å². The Morgan fingerprint density at radius 3 is 2.63 bits per heavy atom. The predicted octanol–water partition coefficient (Wildman–Crippen LogP) is 4.64. The van der Waals surface area contributed by atoms with Crippen molar-refractivity contribution in [3.05, 3.63) is 74.4 Å². The van der Waals surface area contributed by atoms with E-state index in [1.807, 2.05) is 0 Å². The second kappa shape index (κ2) is 8.12. The van der Waals surface area contributed by atoms with Gasteiger partial charge in [0, 0.05) is 10.7 Å². The number of aliphatic carboxylic acids is 1. The van der Waals surface area contributed by atoms with Gasteiger partial charge in [0.25, 0.3) is 0 Å². The van der Waals surface area contributed by atoms with Crippen molar-refractivity contribution in [2.75, 3.05) is 6.61 Å². The summed E-state index contributed by atoms with van der Waals surface area (Å²) in [6.07, 6.45) is 2.95. The number of carboxylic acid groups (broad SMARTS) is 1. The van der Waals surface area contributed by atoms with Crippen LogP contribution in [0, 0.1) is 0 Å². The standard InChI is InChI=1S/C18H11BrCl2N2O4/c19-11-1-4-16(27-9-17(24)25)13(5-11)18(26)10-7-22-23(8-10)12-2-3-14(20)15(21)6-12/h1-8H,9H2,(H,24,25). The largest absolute Gasteiger partial charge is 0.481 e. The quantitative estimate of drug-likeness (QED) is 0.532. The minimum Gasteiger partial charge on any atom is -0.481 e. The van der Waals surface area contributed by atoms with E-state index in [9.17, 15) is 9.59 Å². The van der Waals surface area contributed by atoms with E-state index in [4.69, 9.17) is 33.0 Å². The Kier molecular flexibility index (Phi) is 5.84. The maximum atomic E-state index is 12.9. The number of carbonyl (C=O) groups is 2. The van der Waals surface area contributed by atoms with Crippen LogP contribution >= 0.6 is 39.1 Å². The van der Waals surface area contributed by atoms with Gasteiger partial charge in [-0.25, -0.2) is 9.48 Å². The fourth-order valence-electron chi connectivity index (χ4n) is 2.31.